The van der Waals surface area contributed by atoms with Crippen LogP contribution < -0.4 is 21.9 Å². The second kappa shape index (κ2) is 7.41. The summed E-state index contributed by atoms with van der Waals surface area (Å²) in [4.78, 5) is 20.1. The van der Waals surface area contributed by atoms with Crippen LogP contribution in [0.4, 0.5) is 11.6 Å². The van der Waals surface area contributed by atoms with Crippen molar-refractivity contribution in [2.75, 3.05) is 37.5 Å². The summed E-state index contributed by atoms with van der Waals surface area (Å²) in [5, 5.41) is 5.83. The molecule has 0 bridgehead atoms. The number of nitrogen functional groups attached to an aromatic ring is 1. The van der Waals surface area contributed by atoms with Crippen molar-refractivity contribution in [2.45, 2.75) is 6.42 Å². The van der Waals surface area contributed by atoms with Gasteiger partial charge in [0.2, 0.25) is 5.91 Å². The number of methoxy groups -OCH3 is 1. The topological polar surface area (TPSA) is 119 Å². The Morgan fingerprint density at radius 3 is 3.10 bits per heavy atom. The van der Waals surface area contributed by atoms with Gasteiger partial charge in [0, 0.05) is 39.0 Å². The van der Waals surface area contributed by atoms with Crippen LogP contribution in [0.3, 0.4) is 0 Å². The number of aromatic nitrogens is 3. The molecule has 2 rings (SSSR count). The maximum Gasteiger partial charge on any atom is 0.221 e. The van der Waals surface area contributed by atoms with Crippen LogP contribution in [0.1, 0.15) is 6.42 Å². The Balaban J connectivity index is 1.91. The average molecular weight is 293 g/mol. The number of hydrogen-bond donors (Lipinski definition) is 4. The highest BCUT2D eigenvalue weighted by Gasteiger charge is 2.07. The zero-order valence-corrected chi connectivity index (χ0v) is 11.8. The van der Waals surface area contributed by atoms with Crippen molar-refractivity contribution < 1.29 is 9.53 Å². The Kier molecular flexibility index (Phi) is 5.29. The molecule has 9 nitrogen and oxygen atoms in total. The number of hydrogen-bond acceptors (Lipinski definition) is 7. The third-order valence-corrected chi connectivity index (χ3v) is 2.79. The fourth-order valence-corrected chi connectivity index (χ4v) is 1.80. The highest BCUT2D eigenvalue weighted by atomic mass is 16.5. The normalized spacial score (nSPS) is 10.6. The molecule has 9 heteroatoms. The number of nitrogens with zero attached hydrogens (tertiary/aromatic N) is 3. The fourth-order valence-electron chi connectivity index (χ4n) is 1.80. The summed E-state index contributed by atoms with van der Waals surface area (Å²) in [6.45, 7) is 1.45. The van der Waals surface area contributed by atoms with Crippen LogP contribution in [0, 0.1) is 0 Å². The van der Waals surface area contributed by atoms with E-state index < -0.39 is 0 Å². The molecule has 0 fully saturated rings. The number of nitrogens with one attached hydrogen (secondary N) is 3. The molecule has 0 saturated heterocycles. The quantitative estimate of drug-likeness (QED) is 0.296. The van der Waals surface area contributed by atoms with Gasteiger partial charge in [-0.1, -0.05) is 0 Å². The first-order valence-electron chi connectivity index (χ1n) is 6.54. The molecule has 5 N–H and O–H groups in total. The van der Waals surface area contributed by atoms with Gasteiger partial charge in [-0.25, -0.2) is 15.8 Å². The molecule has 0 atom stereocenters. The Bertz CT molecular complexity index is 598. The van der Waals surface area contributed by atoms with Gasteiger partial charge in [0.15, 0.2) is 17.3 Å². The third kappa shape index (κ3) is 4.04. The first-order chi connectivity index (χ1) is 10.2. The molecule has 2 aromatic heterocycles. The molecule has 21 heavy (non-hydrogen) atoms. The Morgan fingerprint density at radius 1 is 1.48 bits per heavy atom. The van der Waals surface area contributed by atoms with Crippen molar-refractivity contribution in [3.05, 3.63) is 18.6 Å². The van der Waals surface area contributed by atoms with Gasteiger partial charge in [-0.3, -0.25) is 4.79 Å². The van der Waals surface area contributed by atoms with E-state index in [1.54, 1.807) is 30.1 Å². The molecule has 0 aliphatic heterocycles. The van der Waals surface area contributed by atoms with E-state index in [0.29, 0.717) is 43.4 Å². The number of carbonyl (C=O) groups is 1. The standard InChI is InChI=1S/C12H19N7O2/c1-21-7-5-14-10(20)2-3-15-11-12-16-4-6-19(12)8-9(17-11)18-13/h4,6,8,18H,2-3,5,7,13H2,1H3,(H,14,20)(H,15,17). The van der Waals surface area contributed by atoms with Gasteiger partial charge in [0.25, 0.3) is 0 Å². The molecule has 0 spiro atoms. The van der Waals surface area contributed by atoms with Crippen LogP contribution in [0.2, 0.25) is 0 Å². The van der Waals surface area contributed by atoms with Gasteiger partial charge < -0.3 is 25.2 Å². The molecule has 0 saturated carbocycles. The lowest BCUT2D eigenvalue weighted by molar-refractivity contribution is -0.121. The van der Waals surface area contributed by atoms with E-state index in [1.165, 1.54) is 0 Å². The predicted molar refractivity (Wildman–Crippen MR) is 78.8 cm³/mol. The summed E-state index contributed by atoms with van der Waals surface area (Å²) in [5.74, 6) is 6.40. The van der Waals surface area contributed by atoms with E-state index >= 15 is 0 Å². The third-order valence-electron chi connectivity index (χ3n) is 2.79. The van der Waals surface area contributed by atoms with Gasteiger partial charge in [-0.15, -0.1) is 0 Å². The number of rotatable bonds is 8. The largest absolute Gasteiger partial charge is 0.383 e. The number of carbonyl (C=O) groups excluding carboxylic acids is 1. The minimum atomic E-state index is -0.0491. The second-order valence-corrected chi connectivity index (χ2v) is 4.30. The van der Waals surface area contributed by atoms with Crippen molar-refractivity contribution in [1.29, 1.82) is 0 Å². The fraction of sp³-hybridized carbons (Fsp3) is 0.417. The first kappa shape index (κ1) is 15.0. The van der Waals surface area contributed by atoms with Crippen LogP contribution in [-0.2, 0) is 9.53 Å². The number of hydrazine groups is 1. The van der Waals surface area contributed by atoms with Gasteiger partial charge in [0.1, 0.15) is 0 Å². The summed E-state index contributed by atoms with van der Waals surface area (Å²) >= 11 is 0. The molecule has 2 aromatic rings. The molecule has 0 unspecified atom stereocenters. The van der Waals surface area contributed by atoms with Crippen LogP contribution >= 0.6 is 0 Å². The van der Waals surface area contributed by atoms with E-state index in [1.807, 2.05) is 0 Å². The van der Waals surface area contributed by atoms with Crippen molar-refractivity contribution in [1.82, 2.24) is 19.7 Å². The Morgan fingerprint density at radius 2 is 2.33 bits per heavy atom. The molecule has 0 aromatic carbocycles. The molecular weight excluding hydrogens is 274 g/mol. The first-order valence-corrected chi connectivity index (χ1v) is 6.54. The number of imidazole rings is 1. The number of ether oxygens (including phenoxy) is 1. The number of fused-ring (bicyclic) bond motifs is 1. The lowest BCUT2D eigenvalue weighted by Crippen LogP contribution is -2.28. The van der Waals surface area contributed by atoms with E-state index in [4.69, 9.17) is 10.6 Å². The van der Waals surface area contributed by atoms with Crippen LogP contribution in [0.5, 0.6) is 0 Å². The van der Waals surface area contributed by atoms with Crippen molar-refractivity contribution in [3.8, 4) is 0 Å². The number of nitrogens with two attached hydrogens (primary N) is 1. The Hall–Kier alpha value is -2.39. The second-order valence-electron chi connectivity index (χ2n) is 4.30. The van der Waals surface area contributed by atoms with Gasteiger partial charge >= 0.3 is 0 Å². The van der Waals surface area contributed by atoms with Crippen molar-refractivity contribution in [2.24, 2.45) is 5.84 Å². The average Bonchev–Trinajstić information content (AvgIpc) is 2.95. The van der Waals surface area contributed by atoms with Crippen LogP contribution in [0.15, 0.2) is 18.6 Å². The smallest absolute Gasteiger partial charge is 0.221 e. The number of amides is 1. The minimum absolute atomic E-state index is 0.0491. The predicted octanol–water partition coefficient (Wildman–Crippen LogP) is -0.420. The van der Waals surface area contributed by atoms with E-state index in [9.17, 15) is 4.79 Å². The lowest BCUT2D eigenvalue weighted by atomic mass is 10.4. The summed E-state index contributed by atoms with van der Waals surface area (Å²) < 4.78 is 6.66. The summed E-state index contributed by atoms with van der Waals surface area (Å²) in [5.41, 5.74) is 3.16. The molecule has 2 heterocycles. The number of anilines is 2. The minimum Gasteiger partial charge on any atom is -0.383 e. The maximum absolute atomic E-state index is 11.6. The van der Waals surface area contributed by atoms with Gasteiger partial charge in [0.05, 0.1) is 12.8 Å². The molecule has 114 valence electrons. The van der Waals surface area contributed by atoms with Crippen molar-refractivity contribution >= 4 is 23.2 Å². The molecular formula is C12H19N7O2. The monoisotopic (exact) mass is 293 g/mol. The molecule has 0 aliphatic rings. The van der Waals surface area contributed by atoms with Crippen molar-refractivity contribution in [3.63, 3.8) is 0 Å². The molecule has 1 amide bonds. The lowest BCUT2D eigenvalue weighted by Gasteiger charge is -2.09. The van der Waals surface area contributed by atoms with E-state index in [0.717, 1.165) is 0 Å². The zero-order chi connectivity index (χ0) is 15.1. The zero-order valence-electron chi connectivity index (χ0n) is 11.8. The van der Waals surface area contributed by atoms with Gasteiger partial charge in [-0.2, -0.15) is 0 Å². The highest BCUT2D eigenvalue weighted by molar-refractivity contribution is 5.76. The molecule has 0 radical (unpaired) electrons. The van der Waals surface area contributed by atoms with Crippen LogP contribution in [0.25, 0.3) is 5.65 Å². The summed E-state index contributed by atoms with van der Waals surface area (Å²) in [6.07, 6.45) is 5.52. The maximum atomic E-state index is 11.6. The summed E-state index contributed by atoms with van der Waals surface area (Å²) in [7, 11) is 1.59. The SMILES string of the molecule is COCCNC(=O)CCNc1nc(NN)cn2ccnc12. The van der Waals surface area contributed by atoms with E-state index in [2.05, 4.69) is 26.0 Å². The summed E-state index contributed by atoms with van der Waals surface area (Å²) in [6, 6.07) is 0. The van der Waals surface area contributed by atoms with E-state index in [-0.39, 0.29) is 5.91 Å². The van der Waals surface area contributed by atoms with Gasteiger partial charge in [-0.05, 0) is 0 Å². The van der Waals surface area contributed by atoms with Crippen LogP contribution in [-0.4, -0.2) is 47.1 Å². The molecule has 0 aliphatic carbocycles. The highest BCUT2D eigenvalue weighted by Crippen LogP contribution is 2.15. The Labute approximate surface area is 121 Å².